The number of nitrogens with one attached hydrogen (secondary N) is 1. The Morgan fingerprint density at radius 1 is 1.38 bits per heavy atom. The van der Waals surface area contributed by atoms with Gasteiger partial charge in [-0.15, -0.1) is 0 Å². The van der Waals surface area contributed by atoms with E-state index in [-0.39, 0.29) is 0 Å². The first-order chi connectivity index (χ1) is 7.85. The molecule has 1 N–H and O–H groups in total. The van der Waals surface area contributed by atoms with Crippen LogP contribution in [0.4, 0.5) is 5.82 Å². The van der Waals surface area contributed by atoms with Crippen molar-refractivity contribution in [1.29, 1.82) is 5.26 Å². The van der Waals surface area contributed by atoms with Crippen molar-refractivity contribution in [3.05, 3.63) is 47.9 Å². The van der Waals surface area contributed by atoms with Crippen molar-refractivity contribution in [3.8, 4) is 6.07 Å². The van der Waals surface area contributed by atoms with Crippen LogP contribution in [0.5, 0.6) is 0 Å². The molecule has 0 amide bonds. The maximum absolute atomic E-state index is 8.86. The monoisotopic (exact) mass is 212 g/mol. The number of anilines is 1. The molecule has 0 saturated carbocycles. The molecule has 4 heteroatoms. The summed E-state index contributed by atoms with van der Waals surface area (Å²) >= 11 is 0. The number of hydrogen-bond acceptors (Lipinski definition) is 3. The quantitative estimate of drug-likeness (QED) is 0.844. The van der Waals surface area contributed by atoms with Crippen LogP contribution in [0.25, 0.3) is 0 Å². The summed E-state index contributed by atoms with van der Waals surface area (Å²) in [6, 6.07) is 12.1. The van der Waals surface area contributed by atoms with Gasteiger partial charge < -0.3 is 9.88 Å². The third-order valence-corrected chi connectivity index (χ3v) is 2.38. The molecular weight excluding hydrogens is 200 g/mol. The first kappa shape index (κ1) is 10.2. The highest BCUT2D eigenvalue weighted by Gasteiger charge is 2.08. The van der Waals surface area contributed by atoms with Crippen LogP contribution in [0.15, 0.2) is 36.7 Å². The summed E-state index contributed by atoms with van der Waals surface area (Å²) in [6.07, 6.45) is 1.68. The molecule has 0 aliphatic carbocycles. The van der Waals surface area contributed by atoms with Crippen LogP contribution in [-0.2, 0) is 6.54 Å². The highest BCUT2D eigenvalue weighted by molar-refractivity contribution is 5.48. The molecule has 1 heterocycles. The Morgan fingerprint density at radius 2 is 2.12 bits per heavy atom. The first-order valence-corrected chi connectivity index (χ1v) is 5.02. The van der Waals surface area contributed by atoms with Crippen molar-refractivity contribution in [1.82, 2.24) is 9.55 Å². The van der Waals surface area contributed by atoms with E-state index in [0.717, 1.165) is 5.82 Å². The van der Waals surface area contributed by atoms with E-state index in [2.05, 4.69) is 16.4 Å². The molecule has 80 valence electrons. The summed E-state index contributed by atoms with van der Waals surface area (Å²) in [4.78, 5) is 4.04. The number of nitriles is 1. The van der Waals surface area contributed by atoms with Gasteiger partial charge in [-0.1, -0.05) is 30.3 Å². The van der Waals surface area contributed by atoms with Crippen LogP contribution in [0.2, 0.25) is 0 Å². The lowest BCUT2D eigenvalue weighted by Crippen LogP contribution is -2.04. The Bertz CT molecular complexity index is 508. The lowest BCUT2D eigenvalue weighted by molar-refractivity contribution is 0.803. The molecule has 0 saturated heterocycles. The van der Waals surface area contributed by atoms with E-state index in [1.807, 2.05) is 34.9 Å². The number of rotatable bonds is 3. The van der Waals surface area contributed by atoms with E-state index in [4.69, 9.17) is 5.26 Å². The van der Waals surface area contributed by atoms with Gasteiger partial charge in [0.2, 0.25) is 0 Å². The van der Waals surface area contributed by atoms with Crippen LogP contribution in [0.3, 0.4) is 0 Å². The second kappa shape index (κ2) is 4.49. The number of benzene rings is 1. The summed E-state index contributed by atoms with van der Waals surface area (Å²) < 4.78 is 1.92. The maximum atomic E-state index is 8.86. The molecule has 1 aromatic heterocycles. The summed E-state index contributed by atoms with van der Waals surface area (Å²) in [5.41, 5.74) is 1.61. The molecule has 0 aliphatic rings. The van der Waals surface area contributed by atoms with Crippen molar-refractivity contribution < 1.29 is 0 Å². The summed E-state index contributed by atoms with van der Waals surface area (Å²) in [7, 11) is 1.79. The Morgan fingerprint density at radius 3 is 2.75 bits per heavy atom. The van der Waals surface area contributed by atoms with E-state index in [9.17, 15) is 0 Å². The van der Waals surface area contributed by atoms with E-state index in [1.165, 1.54) is 5.56 Å². The van der Waals surface area contributed by atoms with Crippen LogP contribution >= 0.6 is 0 Å². The van der Waals surface area contributed by atoms with Gasteiger partial charge in [0.1, 0.15) is 11.9 Å². The van der Waals surface area contributed by atoms with Crippen molar-refractivity contribution in [2.24, 2.45) is 0 Å². The summed E-state index contributed by atoms with van der Waals surface area (Å²) in [5, 5.41) is 11.9. The van der Waals surface area contributed by atoms with Gasteiger partial charge >= 0.3 is 0 Å². The zero-order valence-electron chi connectivity index (χ0n) is 9.01. The maximum Gasteiger partial charge on any atom is 0.182 e. The highest BCUT2D eigenvalue weighted by atomic mass is 15.2. The fourth-order valence-corrected chi connectivity index (χ4v) is 1.63. The minimum absolute atomic E-state index is 0.429. The Balaban J connectivity index is 2.29. The SMILES string of the molecule is CNc1c(C#N)ncn1Cc1ccccc1. The number of imidazole rings is 1. The first-order valence-electron chi connectivity index (χ1n) is 5.02. The predicted molar refractivity (Wildman–Crippen MR) is 62.0 cm³/mol. The molecule has 0 spiro atoms. The molecule has 0 unspecified atom stereocenters. The standard InChI is InChI=1S/C12H12N4/c1-14-12-11(7-13)15-9-16(12)8-10-5-3-2-4-6-10/h2-6,9,14H,8H2,1H3. The van der Waals surface area contributed by atoms with Gasteiger partial charge in [-0.2, -0.15) is 5.26 Å². The Labute approximate surface area is 94.2 Å². The zero-order valence-corrected chi connectivity index (χ0v) is 9.01. The normalized spacial score (nSPS) is 9.75. The fourth-order valence-electron chi connectivity index (χ4n) is 1.63. The van der Waals surface area contributed by atoms with E-state index in [1.54, 1.807) is 13.4 Å². The summed E-state index contributed by atoms with van der Waals surface area (Å²) in [6.45, 7) is 0.714. The van der Waals surface area contributed by atoms with Crippen molar-refractivity contribution in [3.63, 3.8) is 0 Å². The Hall–Kier alpha value is -2.28. The molecule has 0 radical (unpaired) electrons. The van der Waals surface area contributed by atoms with Gasteiger partial charge in [-0.3, -0.25) is 0 Å². The zero-order chi connectivity index (χ0) is 11.4. The molecular formula is C12H12N4. The molecule has 2 aromatic rings. The van der Waals surface area contributed by atoms with Gasteiger partial charge in [0.25, 0.3) is 0 Å². The van der Waals surface area contributed by atoms with Crippen molar-refractivity contribution in [2.75, 3.05) is 12.4 Å². The predicted octanol–water partition coefficient (Wildman–Crippen LogP) is 1.84. The minimum atomic E-state index is 0.429. The number of aromatic nitrogens is 2. The smallest absolute Gasteiger partial charge is 0.182 e. The van der Waals surface area contributed by atoms with E-state index in [0.29, 0.717) is 12.2 Å². The molecule has 0 fully saturated rings. The van der Waals surface area contributed by atoms with Gasteiger partial charge in [0, 0.05) is 7.05 Å². The van der Waals surface area contributed by atoms with Gasteiger partial charge in [0.15, 0.2) is 5.69 Å². The molecule has 2 rings (SSSR count). The molecule has 0 atom stereocenters. The molecule has 1 aromatic carbocycles. The van der Waals surface area contributed by atoms with Crippen molar-refractivity contribution >= 4 is 5.82 Å². The molecule has 16 heavy (non-hydrogen) atoms. The molecule has 4 nitrogen and oxygen atoms in total. The Kier molecular flexibility index (Phi) is 2.88. The van der Waals surface area contributed by atoms with Gasteiger partial charge in [-0.05, 0) is 5.56 Å². The average Bonchev–Trinajstić information content (AvgIpc) is 2.72. The second-order valence-corrected chi connectivity index (χ2v) is 3.42. The molecule has 0 aliphatic heterocycles. The number of nitrogens with zero attached hydrogens (tertiary/aromatic N) is 3. The van der Waals surface area contributed by atoms with Crippen LogP contribution < -0.4 is 5.32 Å². The molecule has 0 bridgehead atoms. The van der Waals surface area contributed by atoms with E-state index < -0.39 is 0 Å². The van der Waals surface area contributed by atoms with Crippen molar-refractivity contribution in [2.45, 2.75) is 6.54 Å². The topological polar surface area (TPSA) is 53.6 Å². The average molecular weight is 212 g/mol. The van der Waals surface area contributed by atoms with Crippen LogP contribution in [0, 0.1) is 11.3 Å². The van der Waals surface area contributed by atoms with Gasteiger partial charge in [0.05, 0.1) is 12.9 Å². The minimum Gasteiger partial charge on any atom is -0.372 e. The lowest BCUT2D eigenvalue weighted by atomic mass is 10.2. The highest BCUT2D eigenvalue weighted by Crippen LogP contribution is 2.14. The second-order valence-electron chi connectivity index (χ2n) is 3.42. The van der Waals surface area contributed by atoms with E-state index >= 15 is 0 Å². The van der Waals surface area contributed by atoms with Crippen LogP contribution in [0.1, 0.15) is 11.3 Å². The van der Waals surface area contributed by atoms with Gasteiger partial charge in [-0.25, -0.2) is 4.98 Å². The third kappa shape index (κ3) is 1.89. The van der Waals surface area contributed by atoms with Crippen LogP contribution in [-0.4, -0.2) is 16.6 Å². The lowest BCUT2D eigenvalue weighted by Gasteiger charge is -2.07. The fraction of sp³-hybridized carbons (Fsp3) is 0.167. The number of hydrogen-bond donors (Lipinski definition) is 1. The largest absolute Gasteiger partial charge is 0.372 e. The summed E-state index contributed by atoms with van der Waals surface area (Å²) in [5.74, 6) is 0.756. The third-order valence-electron chi connectivity index (χ3n) is 2.38.